The SMILES string of the molecule is CCOC(=O)N1CCC(C2(N)CC2)CC1. The van der Waals surface area contributed by atoms with Crippen LogP contribution in [0.25, 0.3) is 0 Å². The summed E-state index contributed by atoms with van der Waals surface area (Å²) >= 11 is 0. The van der Waals surface area contributed by atoms with Gasteiger partial charge in [-0.2, -0.15) is 0 Å². The first-order valence-corrected chi connectivity index (χ1v) is 5.86. The van der Waals surface area contributed by atoms with Crippen LogP contribution in [0, 0.1) is 5.92 Å². The Labute approximate surface area is 90.8 Å². The second kappa shape index (κ2) is 4.00. The molecule has 0 unspecified atom stereocenters. The van der Waals surface area contributed by atoms with Crippen LogP contribution in [0.4, 0.5) is 4.79 Å². The molecule has 0 aromatic carbocycles. The van der Waals surface area contributed by atoms with Crippen molar-refractivity contribution in [3.63, 3.8) is 0 Å². The van der Waals surface area contributed by atoms with E-state index in [0.29, 0.717) is 12.5 Å². The Balaban J connectivity index is 1.79. The summed E-state index contributed by atoms with van der Waals surface area (Å²) in [6.45, 7) is 3.91. The average molecular weight is 212 g/mol. The van der Waals surface area contributed by atoms with Gasteiger partial charge in [-0.05, 0) is 38.5 Å². The Morgan fingerprint density at radius 1 is 1.47 bits per heavy atom. The average Bonchev–Trinajstić information content (AvgIpc) is 2.99. The molecule has 2 rings (SSSR count). The molecule has 1 aliphatic carbocycles. The van der Waals surface area contributed by atoms with E-state index >= 15 is 0 Å². The molecule has 1 aliphatic heterocycles. The minimum atomic E-state index is -0.169. The molecule has 0 atom stereocenters. The maximum atomic E-state index is 11.4. The standard InChI is InChI=1S/C11H20N2O2/c1-2-15-10(14)13-7-3-9(4-8-13)11(12)5-6-11/h9H,2-8,12H2,1H3. The summed E-state index contributed by atoms with van der Waals surface area (Å²) in [5.74, 6) is 0.614. The molecule has 86 valence electrons. The van der Waals surface area contributed by atoms with E-state index < -0.39 is 0 Å². The fourth-order valence-corrected chi connectivity index (χ4v) is 2.40. The van der Waals surface area contributed by atoms with Gasteiger partial charge in [0.15, 0.2) is 0 Å². The summed E-state index contributed by atoms with van der Waals surface area (Å²) in [5.41, 5.74) is 6.28. The molecule has 1 saturated heterocycles. The number of piperidine rings is 1. The summed E-state index contributed by atoms with van der Waals surface area (Å²) in [6.07, 6.45) is 4.23. The van der Waals surface area contributed by atoms with Crippen molar-refractivity contribution >= 4 is 6.09 Å². The first kappa shape index (κ1) is 10.7. The smallest absolute Gasteiger partial charge is 0.409 e. The number of ether oxygens (including phenoxy) is 1. The van der Waals surface area contributed by atoms with Crippen LogP contribution in [0.15, 0.2) is 0 Å². The van der Waals surface area contributed by atoms with Crippen LogP contribution in [0.1, 0.15) is 32.6 Å². The lowest BCUT2D eigenvalue weighted by molar-refractivity contribution is 0.0876. The van der Waals surface area contributed by atoms with Crippen molar-refractivity contribution in [1.29, 1.82) is 0 Å². The first-order valence-electron chi connectivity index (χ1n) is 5.86. The number of rotatable bonds is 2. The lowest BCUT2D eigenvalue weighted by Crippen LogP contribution is -2.44. The third-order valence-corrected chi connectivity index (χ3v) is 3.66. The molecule has 1 heterocycles. The van der Waals surface area contributed by atoms with Crippen molar-refractivity contribution < 1.29 is 9.53 Å². The summed E-state index contributed by atoms with van der Waals surface area (Å²) in [6, 6.07) is 0. The quantitative estimate of drug-likeness (QED) is 0.751. The number of likely N-dealkylation sites (tertiary alicyclic amines) is 1. The van der Waals surface area contributed by atoms with Crippen LogP contribution < -0.4 is 5.73 Å². The monoisotopic (exact) mass is 212 g/mol. The molecule has 4 heteroatoms. The molecule has 4 nitrogen and oxygen atoms in total. The van der Waals surface area contributed by atoms with Crippen molar-refractivity contribution in [3.05, 3.63) is 0 Å². The fraction of sp³-hybridized carbons (Fsp3) is 0.909. The van der Waals surface area contributed by atoms with Gasteiger partial charge in [0.25, 0.3) is 0 Å². The minimum absolute atomic E-state index is 0.112. The van der Waals surface area contributed by atoms with Crippen LogP contribution in [-0.2, 0) is 4.74 Å². The predicted molar refractivity (Wildman–Crippen MR) is 57.5 cm³/mol. The number of carbonyl (C=O) groups excluding carboxylic acids is 1. The zero-order chi connectivity index (χ0) is 10.9. The number of nitrogens with zero attached hydrogens (tertiary/aromatic N) is 1. The highest BCUT2D eigenvalue weighted by atomic mass is 16.6. The molecule has 0 spiro atoms. The van der Waals surface area contributed by atoms with Crippen molar-refractivity contribution in [2.75, 3.05) is 19.7 Å². The molecule has 0 radical (unpaired) electrons. The largest absolute Gasteiger partial charge is 0.450 e. The summed E-state index contributed by atoms with van der Waals surface area (Å²) in [5, 5.41) is 0. The second-order valence-electron chi connectivity index (χ2n) is 4.69. The molecule has 0 aromatic rings. The van der Waals surface area contributed by atoms with Gasteiger partial charge >= 0.3 is 6.09 Å². The van der Waals surface area contributed by atoms with Crippen LogP contribution in [0.2, 0.25) is 0 Å². The fourth-order valence-electron chi connectivity index (χ4n) is 2.40. The van der Waals surface area contributed by atoms with E-state index in [1.54, 1.807) is 4.90 Å². The van der Waals surface area contributed by atoms with Crippen molar-refractivity contribution in [2.24, 2.45) is 11.7 Å². The topological polar surface area (TPSA) is 55.6 Å². The van der Waals surface area contributed by atoms with E-state index in [-0.39, 0.29) is 11.6 Å². The number of nitrogens with two attached hydrogens (primary N) is 1. The van der Waals surface area contributed by atoms with E-state index in [9.17, 15) is 4.79 Å². The maximum Gasteiger partial charge on any atom is 0.409 e. The number of amides is 1. The van der Waals surface area contributed by atoms with Crippen molar-refractivity contribution in [2.45, 2.75) is 38.1 Å². The van der Waals surface area contributed by atoms with Gasteiger partial charge in [0.1, 0.15) is 0 Å². The lowest BCUT2D eigenvalue weighted by atomic mass is 9.88. The van der Waals surface area contributed by atoms with E-state index in [1.807, 2.05) is 6.92 Å². The van der Waals surface area contributed by atoms with Gasteiger partial charge < -0.3 is 15.4 Å². The van der Waals surface area contributed by atoms with Crippen LogP contribution in [0.3, 0.4) is 0 Å². The Morgan fingerprint density at radius 2 is 2.07 bits per heavy atom. The van der Waals surface area contributed by atoms with Gasteiger partial charge in [-0.1, -0.05) is 0 Å². The molecule has 0 aromatic heterocycles. The molecule has 2 fully saturated rings. The molecular weight excluding hydrogens is 192 g/mol. The maximum absolute atomic E-state index is 11.4. The number of carbonyl (C=O) groups is 1. The van der Waals surface area contributed by atoms with E-state index in [1.165, 1.54) is 0 Å². The van der Waals surface area contributed by atoms with Crippen LogP contribution >= 0.6 is 0 Å². The van der Waals surface area contributed by atoms with E-state index in [4.69, 9.17) is 10.5 Å². The summed E-state index contributed by atoms with van der Waals surface area (Å²) in [4.78, 5) is 13.2. The Hall–Kier alpha value is -0.770. The van der Waals surface area contributed by atoms with E-state index in [0.717, 1.165) is 38.8 Å². The van der Waals surface area contributed by atoms with Gasteiger partial charge in [-0.25, -0.2) is 4.79 Å². The van der Waals surface area contributed by atoms with Crippen LogP contribution in [-0.4, -0.2) is 36.2 Å². The lowest BCUT2D eigenvalue weighted by Gasteiger charge is -2.34. The normalized spacial score (nSPS) is 25.1. The van der Waals surface area contributed by atoms with E-state index in [2.05, 4.69) is 0 Å². The highest BCUT2D eigenvalue weighted by Gasteiger charge is 2.46. The minimum Gasteiger partial charge on any atom is -0.450 e. The van der Waals surface area contributed by atoms with Gasteiger partial charge in [0, 0.05) is 18.6 Å². The van der Waals surface area contributed by atoms with Gasteiger partial charge in [-0.15, -0.1) is 0 Å². The highest BCUT2D eigenvalue weighted by Crippen LogP contribution is 2.44. The molecule has 15 heavy (non-hydrogen) atoms. The summed E-state index contributed by atoms with van der Waals surface area (Å²) < 4.78 is 4.97. The molecule has 2 aliphatic rings. The Morgan fingerprint density at radius 3 is 2.53 bits per heavy atom. The molecule has 1 amide bonds. The zero-order valence-corrected chi connectivity index (χ0v) is 9.37. The Bertz CT molecular complexity index is 243. The second-order valence-corrected chi connectivity index (χ2v) is 4.69. The molecular formula is C11H20N2O2. The first-order chi connectivity index (χ1) is 7.15. The van der Waals surface area contributed by atoms with Gasteiger partial charge in [-0.3, -0.25) is 0 Å². The zero-order valence-electron chi connectivity index (χ0n) is 9.37. The van der Waals surface area contributed by atoms with Crippen molar-refractivity contribution in [3.8, 4) is 0 Å². The third-order valence-electron chi connectivity index (χ3n) is 3.66. The Kier molecular flexibility index (Phi) is 2.87. The van der Waals surface area contributed by atoms with Crippen LogP contribution in [0.5, 0.6) is 0 Å². The molecule has 1 saturated carbocycles. The number of hydrogen-bond donors (Lipinski definition) is 1. The summed E-state index contributed by atoms with van der Waals surface area (Å²) in [7, 11) is 0. The van der Waals surface area contributed by atoms with Crippen molar-refractivity contribution in [1.82, 2.24) is 4.90 Å². The number of hydrogen-bond acceptors (Lipinski definition) is 3. The molecule has 0 bridgehead atoms. The molecule has 2 N–H and O–H groups in total. The predicted octanol–water partition coefficient (Wildman–Crippen LogP) is 1.35. The third kappa shape index (κ3) is 2.25. The highest BCUT2D eigenvalue weighted by molar-refractivity contribution is 5.67. The van der Waals surface area contributed by atoms with Gasteiger partial charge in [0.2, 0.25) is 0 Å². The van der Waals surface area contributed by atoms with Gasteiger partial charge in [0.05, 0.1) is 6.61 Å².